The fourth-order valence-electron chi connectivity index (χ4n) is 2.69. The fourth-order valence-corrected chi connectivity index (χ4v) is 2.89. The van der Waals surface area contributed by atoms with E-state index in [1.165, 1.54) is 24.4 Å². The summed E-state index contributed by atoms with van der Waals surface area (Å²) in [5.41, 5.74) is -1.14. The van der Waals surface area contributed by atoms with E-state index in [-0.39, 0.29) is 33.2 Å². The van der Waals surface area contributed by atoms with Crippen molar-refractivity contribution in [3.63, 3.8) is 0 Å². The van der Waals surface area contributed by atoms with Crippen LogP contribution in [0.25, 0.3) is 22.4 Å². The zero-order valence-electron chi connectivity index (χ0n) is 14.1. The second-order valence-corrected chi connectivity index (χ2v) is 6.09. The van der Waals surface area contributed by atoms with E-state index >= 15 is 0 Å². The predicted octanol–water partition coefficient (Wildman–Crippen LogP) is 5.26. The van der Waals surface area contributed by atoms with Crippen molar-refractivity contribution in [1.82, 2.24) is 10.2 Å². The summed E-state index contributed by atoms with van der Waals surface area (Å²) in [6.07, 6.45) is -3.39. The number of rotatable bonds is 4. The van der Waals surface area contributed by atoms with Crippen LogP contribution in [-0.4, -0.2) is 28.4 Å². The molecule has 0 aliphatic rings. The maximum absolute atomic E-state index is 14.6. The maximum Gasteiger partial charge on any atom is 0.416 e. The van der Waals surface area contributed by atoms with E-state index in [2.05, 4.69) is 10.2 Å². The highest BCUT2D eigenvalue weighted by molar-refractivity contribution is 6.33. The molecule has 0 aliphatic carbocycles. The summed E-state index contributed by atoms with van der Waals surface area (Å²) in [6.45, 7) is 0. The van der Waals surface area contributed by atoms with Gasteiger partial charge in [0.05, 0.1) is 28.8 Å². The molecule has 0 saturated carbocycles. The Kier molecular flexibility index (Phi) is 5.03. The third kappa shape index (κ3) is 3.53. The van der Waals surface area contributed by atoms with Crippen LogP contribution in [0.5, 0.6) is 5.75 Å². The molecule has 1 heterocycles. The predicted molar refractivity (Wildman–Crippen MR) is 92.9 cm³/mol. The lowest BCUT2D eigenvalue weighted by atomic mass is 9.98. The van der Waals surface area contributed by atoms with Crippen molar-refractivity contribution in [3.05, 3.63) is 58.5 Å². The van der Waals surface area contributed by atoms with Crippen LogP contribution >= 0.6 is 11.6 Å². The number of H-pyrrole nitrogens is 1. The number of benzene rings is 2. The van der Waals surface area contributed by atoms with Gasteiger partial charge in [0.2, 0.25) is 0 Å². The van der Waals surface area contributed by atoms with Crippen molar-refractivity contribution >= 4 is 17.6 Å². The third-order valence-electron chi connectivity index (χ3n) is 3.99. The first-order valence-corrected chi connectivity index (χ1v) is 8.03. The Morgan fingerprint density at radius 1 is 1.25 bits per heavy atom. The second kappa shape index (κ2) is 7.16. The number of carboxylic acid groups (broad SMARTS) is 1. The van der Waals surface area contributed by atoms with E-state index in [0.29, 0.717) is 17.7 Å². The molecule has 146 valence electrons. The van der Waals surface area contributed by atoms with Crippen LogP contribution in [0.3, 0.4) is 0 Å². The van der Waals surface area contributed by atoms with Crippen molar-refractivity contribution in [2.45, 2.75) is 6.18 Å². The number of alkyl halides is 3. The first kappa shape index (κ1) is 19.7. The van der Waals surface area contributed by atoms with Crippen LogP contribution in [0.15, 0.2) is 36.5 Å². The molecule has 0 amide bonds. The van der Waals surface area contributed by atoms with E-state index < -0.39 is 23.5 Å². The molecule has 0 fully saturated rings. The first-order valence-electron chi connectivity index (χ1n) is 7.65. The molecule has 28 heavy (non-hydrogen) atoms. The minimum absolute atomic E-state index is 0.000383. The van der Waals surface area contributed by atoms with E-state index in [9.17, 15) is 27.5 Å². The quantitative estimate of drug-likeness (QED) is 0.571. The van der Waals surface area contributed by atoms with Gasteiger partial charge in [0.25, 0.3) is 0 Å². The molecule has 5 nitrogen and oxygen atoms in total. The van der Waals surface area contributed by atoms with Gasteiger partial charge in [-0.05, 0) is 29.8 Å². The molecule has 0 spiro atoms. The molecule has 2 aromatic carbocycles. The van der Waals surface area contributed by atoms with Gasteiger partial charge in [0.15, 0.2) is 0 Å². The summed E-state index contributed by atoms with van der Waals surface area (Å²) in [7, 11) is 1.11. The van der Waals surface area contributed by atoms with Gasteiger partial charge in [-0.25, -0.2) is 9.18 Å². The van der Waals surface area contributed by atoms with Gasteiger partial charge in [-0.2, -0.15) is 18.3 Å². The standard InChI is InChI=1S/C18H11ClF4N2O3/c1-28-14-6-9(18(21,22)23)5-13(20)15(14)16-11(7-24-25-16)8-2-3-12(19)10(4-8)17(26)27/h2-7H,1H3,(H,24,25)(H,26,27). The molecule has 1 aromatic heterocycles. The van der Waals surface area contributed by atoms with Crippen LogP contribution < -0.4 is 4.74 Å². The number of aromatic amines is 1. The minimum atomic E-state index is -4.76. The molecule has 0 saturated heterocycles. The number of aromatic nitrogens is 2. The molecular weight excluding hydrogens is 404 g/mol. The Labute approximate surface area is 160 Å². The largest absolute Gasteiger partial charge is 0.496 e. The van der Waals surface area contributed by atoms with Crippen molar-refractivity contribution in [2.75, 3.05) is 7.11 Å². The number of nitrogens with zero attached hydrogens (tertiary/aromatic N) is 1. The summed E-state index contributed by atoms with van der Waals surface area (Å²) in [6, 6.07) is 5.10. The Balaban J connectivity index is 2.20. The molecular formula is C18H11ClF4N2O3. The van der Waals surface area contributed by atoms with Crippen molar-refractivity contribution in [2.24, 2.45) is 0 Å². The summed E-state index contributed by atoms with van der Waals surface area (Å²) in [4.78, 5) is 11.3. The van der Waals surface area contributed by atoms with E-state index in [1.807, 2.05) is 0 Å². The number of aromatic carboxylic acids is 1. The Bertz CT molecular complexity index is 1060. The molecule has 0 unspecified atom stereocenters. The first-order chi connectivity index (χ1) is 13.1. The molecule has 2 N–H and O–H groups in total. The van der Waals surface area contributed by atoms with Gasteiger partial charge in [-0.3, -0.25) is 5.10 Å². The van der Waals surface area contributed by atoms with Crippen molar-refractivity contribution in [1.29, 1.82) is 0 Å². The monoisotopic (exact) mass is 414 g/mol. The van der Waals surface area contributed by atoms with Crippen molar-refractivity contribution in [3.8, 4) is 28.1 Å². The molecule has 0 atom stereocenters. The normalized spacial score (nSPS) is 11.5. The SMILES string of the molecule is COc1cc(C(F)(F)F)cc(F)c1-c1n[nH]cc1-c1ccc(Cl)c(C(=O)O)c1. The number of carbonyl (C=O) groups is 1. The van der Waals surface area contributed by atoms with Gasteiger partial charge in [0, 0.05) is 11.8 Å². The smallest absolute Gasteiger partial charge is 0.416 e. The molecule has 0 bridgehead atoms. The number of carboxylic acids is 1. The minimum Gasteiger partial charge on any atom is -0.496 e. The third-order valence-corrected chi connectivity index (χ3v) is 4.32. The summed E-state index contributed by atoms with van der Waals surface area (Å²) in [5, 5.41) is 15.6. The van der Waals surface area contributed by atoms with Crippen LogP contribution in [0.1, 0.15) is 15.9 Å². The number of hydrogen-bond acceptors (Lipinski definition) is 3. The van der Waals surface area contributed by atoms with E-state index in [1.54, 1.807) is 0 Å². The van der Waals surface area contributed by atoms with Gasteiger partial charge < -0.3 is 9.84 Å². The van der Waals surface area contributed by atoms with Gasteiger partial charge in [0.1, 0.15) is 17.3 Å². The van der Waals surface area contributed by atoms with Crippen LogP contribution in [0.4, 0.5) is 17.6 Å². The molecule has 3 aromatic rings. The highest BCUT2D eigenvalue weighted by Gasteiger charge is 2.33. The van der Waals surface area contributed by atoms with Crippen molar-refractivity contribution < 1.29 is 32.2 Å². The van der Waals surface area contributed by atoms with E-state index in [4.69, 9.17) is 16.3 Å². The summed E-state index contributed by atoms with van der Waals surface area (Å²) < 4.78 is 58.4. The van der Waals surface area contributed by atoms with Gasteiger partial charge in [-0.1, -0.05) is 17.7 Å². The Hall–Kier alpha value is -3.07. The lowest BCUT2D eigenvalue weighted by molar-refractivity contribution is -0.137. The van der Waals surface area contributed by atoms with E-state index in [0.717, 1.165) is 7.11 Å². The second-order valence-electron chi connectivity index (χ2n) is 5.68. The zero-order valence-corrected chi connectivity index (χ0v) is 14.8. The molecule has 0 aliphatic heterocycles. The number of hydrogen-bond donors (Lipinski definition) is 2. The lowest BCUT2D eigenvalue weighted by Gasteiger charge is -2.14. The Morgan fingerprint density at radius 2 is 1.96 bits per heavy atom. The molecule has 10 heteroatoms. The lowest BCUT2D eigenvalue weighted by Crippen LogP contribution is -2.07. The highest BCUT2D eigenvalue weighted by atomic mass is 35.5. The van der Waals surface area contributed by atoms with Gasteiger partial charge >= 0.3 is 12.1 Å². The average molecular weight is 415 g/mol. The van der Waals surface area contributed by atoms with Crippen LogP contribution in [0, 0.1) is 5.82 Å². The maximum atomic E-state index is 14.6. The Morgan fingerprint density at radius 3 is 2.57 bits per heavy atom. The average Bonchev–Trinajstić information content (AvgIpc) is 3.09. The topological polar surface area (TPSA) is 75.2 Å². The zero-order chi connectivity index (χ0) is 20.6. The number of halogens is 5. The van der Waals surface area contributed by atoms with Crippen LogP contribution in [-0.2, 0) is 6.18 Å². The van der Waals surface area contributed by atoms with Gasteiger partial charge in [-0.15, -0.1) is 0 Å². The van der Waals surface area contributed by atoms with Crippen LogP contribution in [0.2, 0.25) is 5.02 Å². The highest BCUT2D eigenvalue weighted by Crippen LogP contribution is 2.41. The summed E-state index contributed by atoms with van der Waals surface area (Å²) >= 11 is 5.85. The number of methoxy groups -OCH3 is 1. The molecule has 0 radical (unpaired) electrons. The number of nitrogens with one attached hydrogen (secondary N) is 1. The fraction of sp³-hybridized carbons (Fsp3) is 0.111. The summed E-state index contributed by atoms with van der Waals surface area (Å²) in [5.74, 6) is -2.82. The molecule has 3 rings (SSSR count). The number of ether oxygens (including phenoxy) is 1.